The molecule has 1 aromatic rings. The van der Waals surface area contributed by atoms with Crippen LogP contribution in [0.25, 0.3) is 0 Å². The number of aliphatic hydroxyl groups excluding tert-OH is 4. The lowest BCUT2D eigenvalue weighted by atomic mass is 10.0. The van der Waals surface area contributed by atoms with Crippen LogP contribution < -0.4 is 48.7 Å². The number of benzene rings is 1. The van der Waals surface area contributed by atoms with Crippen LogP contribution in [-0.4, -0.2) is 108 Å². The number of β-amino-alcohol motifs (C(OH)–C–C–N with tert-alkyl or cyclic N) is 1. The molecule has 0 radical (unpaired) electrons. The minimum Gasteiger partial charge on any atom is -0.377 e. The molecule has 9 atom stereocenters. The molecule has 2 unspecified atom stereocenters. The van der Waals surface area contributed by atoms with Crippen LogP contribution in [0.5, 0.6) is 0 Å². The molecule has 0 aliphatic carbocycles. The molecule has 2 rings (SSSR count). The van der Waals surface area contributed by atoms with Crippen LogP contribution in [0.1, 0.15) is 51.0 Å². The molecule has 14 nitrogen and oxygen atoms in total. The molecular formula is C28H55N9O5. The highest BCUT2D eigenvalue weighted by Gasteiger charge is 2.32. The third-order valence-electron chi connectivity index (χ3n) is 7.53. The molecule has 1 saturated heterocycles. The number of nitrogens with one attached hydrogen (secondary N) is 7. The van der Waals surface area contributed by atoms with E-state index in [2.05, 4.69) is 37.2 Å². The Kier molecular flexibility index (Phi) is 17.5. The van der Waals surface area contributed by atoms with Gasteiger partial charge in [-0.25, -0.2) is 0 Å². The lowest BCUT2D eigenvalue weighted by Crippen LogP contribution is -2.60. The van der Waals surface area contributed by atoms with Gasteiger partial charge in [0.2, 0.25) is 5.91 Å². The van der Waals surface area contributed by atoms with Crippen LogP contribution >= 0.6 is 0 Å². The van der Waals surface area contributed by atoms with Crippen LogP contribution in [0.4, 0.5) is 0 Å². The second-order valence-corrected chi connectivity index (χ2v) is 10.9. The van der Waals surface area contributed by atoms with E-state index in [1.165, 1.54) is 0 Å². The van der Waals surface area contributed by atoms with E-state index in [1.807, 2.05) is 37.3 Å². The predicted molar refractivity (Wildman–Crippen MR) is 162 cm³/mol. The molecule has 1 amide bonds. The second-order valence-electron chi connectivity index (χ2n) is 10.9. The summed E-state index contributed by atoms with van der Waals surface area (Å²) in [5.41, 5.74) is 12.4. The molecule has 1 heterocycles. The molecule has 15 N–H and O–H groups in total. The van der Waals surface area contributed by atoms with Crippen molar-refractivity contribution in [2.24, 2.45) is 11.5 Å². The van der Waals surface area contributed by atoms with Gasteiger partial charge in [0.15, 0.2) is 0 Å². The van der Waals surface area contributed by atoms with Crippen molar-refractivity contribution in [3.05, 3.63) is 35.9 Å². The summed E-state index contributed by atoms with van der Waals surface area (Å²) in [6.45, 7) is 2.88. The zero-order chi connectivity index (χ0) is 30.9. The third kappa shape index (κ3) is 13.2. The standard InChI is InChI=1S/C28H55N9O5/c1-3-19-25(40)37-22(16-18-10-5-4-6-11-18)27(42)36-21(12-7-8-14-29)26(41)35-20(13-9-15-32-28(30)31-2)24(39)33-17-23(38)34-19/h4-6,10-11,19-26,28,31-35,37-41H,3,7-9,12-17,29-30H2,1-2H3,(H,36,42)/t19-,20?,21?,22+,23+,24+,25+,26+,28-/m0/s1. The van der Waals surface area contributed by atoms with Gasteiger partial charge in [0.05, 0.1) is 12.1 Å². The Hall–Kier alpha value is -1.79. The minimum atomic E-state index is -1.19. The topological polar surface area (TPSA) is 234 Å². The number of unbranched alkanes of at least 4 members (excludes halogenated alkanes) is 1. The molecule has 42 heavy (non-hydrogen) atoms. The summed E-state index contributed by atoms with van der Waals surface area (Å²) in [4.78, 5) is 13.7. The van der Waals surface area contributed by atoms with Gasteiger partial charge in [-0.1, -0.05) is 43.7 Å². The van der Waals surface area contributed by atoms with Gasteiger partial charge in [0.25, 0.3) is 0 Å². The first-order valence-electron chi connectivity index (χ1n) is 15.1. The molecule has 1 fully saturated rings. The zero-order valence-electron chi connectivity index (χ0n) is 25.0. The summed E-state index contributed by atoms with van der Waals surface area (Å²) >= 11 is 0. The lowest BCUT2D eigenvalue weighted by molar-refractivity contribution is -0.126. The number of amides is 1. The van der Waals surface area contributed by atoms with Gasteiger partial charge in [0, 0.05) is 18.6 Å². The average Bonchev–Trinajstić information content (AvgIpc) is 2.99. The number of aliphatic hydroxyl groups is 4. The van der Waals surface area contributed by atoms with Crippen molar-refractivity contribution < 1.29 is 25.2 Å². The fourth-order valence-electron chi connectivity index (χ4n) is 4.96. The first-order valence-corrected chi connectivity index (χ1v) is 15.1. The van der Waals surface area contributed by atoms with Crippen molar-refractivity contribution in [2.75, 3.05) is 26.7 Å². The zero-order valence-corrected chi connectivity index (χ0v) is 25.0. The first kappa shape index (κ1) is 36.4. The molecule has 0 spiro atoms. The largest absolute Gasteiger partial charge is 0.377 e. The minimum absolute atomic E-state index is 0.0217. The molecule has 1 aliphatic rings. The number of hydrogen-bond donors (Lipinski definition) is 13. The van der Waals surface area contributed by atoms with Gasteiger partial charge in [0.1, 0.15) is 31.2 Å². The van der Waals surface area contributed by atoms with Crippen molar-refractivity contribution in [3.8, 4) is 0 Å². The smallest absolute Gasteiger partial charge is 0.237 e. The maximum atomic E-state index is 13.7. The Bertz CT molecular complexity index is 858. The number of hydrogen-bond acceptors (Lipinski definition) is 13. The molecule has 1 aliphatic heterocycles. The van der Waals surface area contributed by atoms with Crippen LogP contribution in [0, 0.1) is 0 Å². The Morgan fingerprint density at radius 1 is 0.929 bits per heavy atom. The number of nitrogens with two attached hydrogens (primary N) is 2. The van der Waals surface area contributed by atoms with E-state index in [0.717, 1.165) is 12.0 Å². The number of rotatable bonds is 13. The molecule has 14 heteroatoms. The van der Waals surface area contributed by atoms with E-state index >= 15 is 0 Å². The van der Waals surface area contributed by atoms with E-state index in [9.17, 15) is 25.2 Å². The van der Waals surface area contributed by atoms with Crippen molar-refractivity contribution >= 4 is 5.91 Å². The monoisotopic (exact) mass is 597 g/mol. The fraction of sp³-hybridized carbons (Fsp3) is 0.750. The summed E-state index contributed by atoms with van der Waals surface area (Å²) in [6, 6.07) is 6.73. The van der Waals surface area contributed by atoms with Gasteiger partial charge in [-0.3, -0.25) is 36.7 Å². The van der Waals surface area contributed by atoms with Crippen molar-refractivity contribution in [1.29, 1.82) is 0 Å². The van der Waals surface area contributed by atoms with Crippen LogP contribution in [-0.2, 0) is 11.2 Å². The number of carbonyl (C=O) groups excluding carboxylic acids is 1. The molecule has 242 valence electrons. The van der Waals surface area contributed by atoms with Gasteiger partial charge in [-0.2, -0.15) is 0 Å². The fourth-order valence-corrected chi connectivity index (χ4v) is 4.96. The molecular weight excluding hydrogens is 542 g/mol. The summed E-state index contributed by atoms with van der Waals surface area (Å²) < 4.78 is 0. The number of carbonyl (C=O) groups is 1. The Morgan fingerprint density at radius 3 is 2.29 bits per heavy atom. The average molecular weight is 598 g/mol. The predicted octanol–water partition coefficient (Wildman–Crippen LogP) is -3.16. The Labute approximate surface area is 249 Å². The van der Waals surface area contributed by atoms with Crippen molar-refractivity contribution in [3.63, 3.8) is 0 Å². The van der Waals surface area contributed by atoms with Gasteiger partial charge < -0.3 is 37.2 Å². The van der Waals surface area contributed by atoms with Crippen molar-refractivity contribution in [1.82, 2.24) is 37.2 Å². The van der Waals surface area contributed by atoms with Gasteiger partial charge in [-0.05, 0) is 64.2 Å². The Morgan fingerprint density at radius 2 is 1.62 bits per heavy atom. The Balaban J connectivity index is 2.32. The highest BCUT2D eigenvalue weighted by molar-refractivity contribution is 5.82. The van der Waals surface area contributed by atoms with E-state index < -0.39 is 49.1 Å². The normalized spacial score (nSPS) is 31.1. The summed E-state index contributed by atoms with van der Waals surface area (Å²) in [5.74, 6) is -0.387. The second kappa shape index (κ2) is 20.2. The highest BCUT2D eigenvalue weighted by Crippen LogP contribution is 2.12. The molecule has 1 aromatic carbocycles. The summed E-state index contributed by atoms with van der Waals surface area (Å²) in [7, 11) is 1.74. The highest BCUT2D eigenvalue weighted by atomic mass is 16.3. The summed E-state index contributed by atoms with van der Waals surface area (Å²) in [6.07, 6.45) is -1.29. The van der Waals surface area contributed by atoms with Gasteiger partial charge in [-0.15, -0.1) is 0 Å². The van der Waals surface area contributed by atoms with Crippen LogP contribution in [0.2, 0.25) is 0 Å². The van der Waals surface area contributed by atoms with E-state index in [0.29, 0.717) is 51.6 Å². The molecule has 0 bridgehead atoms. The maximum absolute atomic E-state index is 13.7. The van der Waals surface area contributed by atoms with Crippen LogP contribution in [0.15, 0.2) is 30.3 Å². The molecule has 0 saturated carbocycles. The lowest BCUT2D eigenvalue weighted by Gasteiger charge is -2.33. The van der Waals surface area contributed by atoms with E-state index in [1.54, 1.807) is 7.05 Å². The van der Waals surface area contributed by atoms with Gasteiger partial charge >= 0.3 is 0 Å². The SMILES string of the molecule is CC[C@@H]1N[C@H](O)CN[C@H](O)C(CCCN[C@@H](N)NC)N[C@H](O)C(CCCCN)NC(=O)[C@@H](Cc2ccccc2)N[C@@H]1O. The van der Waals surface area contributed by atoms with E-state index in [-0.39, 0.29) is 18.7 Å². The first-order chi connectivity index (χ1) is 20.2. The molecule has 0 aromatic heterocycles. The quantitative estimate of drug-likeness (QED) is 0.0795. The third-order valence-corrected chi connectivity index (χ3v) is 7.53. The maximum Gasteiger partial charge on any atom is 0.237 e. The van der Waals surface area contributed by atoms with Crippen molar-refractivity contribution in [2.45, 2.75) is 107 Å². The summed E-state index contributed by atoms with van der Waals surface area (Å²) in [5, 5.41) is 65.0. The van der Waals surface area contributed by atoms with Crippen LogP contribution in [0.3, 0.4) is 0 Å². The van der Waals surface area contributed by atoms with E-state index in [4.69, 9.17) is 11.5 Å².